The number of amides is 1. The molecule has 0 radical (unpaired) electrons. The van der Waals surface area contributed by atoms with Gasteiger partial charge in [0, 0.05) is 37.8 Å². The Balaban J connectivity index is 0.00000208. The molecule has 0 spiro atoms. The van der Waals surface area contributed by atoms with Crippen molar-refractivity contribution in [2.45, 2.75) is 24.8 Å². The van der Waals surface area contributed by atoms with Crippen molar-refractivity contribution in [1.82, 2.24) is 14.9 Å². The lowest BCUT2D eigenvalue weighted by atomic mass is 10.0. The first-order valence-electron chi connectivity index (χ1n) is 7.99. The van der Waals surface area contributed by atoms with Crippen LogP contribution in [-0.4, -0.2) is 51.4 Å². The summed E-state index contributed by atoms with van der Waals surface area (Å²) in [5.41, 5.74) is 0.435. The zero-order chi connectivity index (χ0) is 16.6. The number of carbonyl (C=O) groups excluding carboxylic acids is 1. The minimum atomic E-state index is -3.58. The van der Waals surface area contributed by atoms with Crippen LogP contribution in [0.1, 0.15) is 24.2 Å². The highest BCUT2D eigenvalue weighted by molar-refractivity contribution is 7.89. The average Bonchev–Trinajstić information content (AvgIpc) is 3.06. The lowest BCUT2D eigenvalue weighted by Gasteiger charge is -2.18. The van der Waals surface area contributed by atoms with Gasteiger partial charge in [0.25, 0.3) is 5.91 Å². The number of nitrogens with one attached hydrogen (secondary N) is 2. The van der Waals surface area contributed by atoms with E-state index < -0.39 is 10.0 Å². The van der Waals surface area contributed by atoms with Gasteiger partial charge in [-0.1, -0.05) is 6.07 Å². The van der Waals surface area contributed by atoms with Crippen LogP contribution in [0.4, 0.5) is 0 Å². The van der Waals surface area contributed by atoms with Gasteiger partial charge in [-0.05, 0) is 43.9 Å². The van der Waals surface area contributed by atoms with E-state index in [0.29, 0.717) is 17.4 Å². The van der Waals surface area contributed by atoms with E-state index in [1.54, 1.807) is 26.0 Å². The van der Waals surface area contributed by atoms with Crippen molar-refractivity contribution < 1.29 is 13.2 Å². The van der Waals surface area contributed by atoms with Crippen LogP contribution < -0.4 is 10.0 Å². The lowest BCUT2D eigenvalue weighted by Crippen LogP contribution is -2.32. The fourth-order valence-electron chi connectivity index (χ4n) is 3.38. The maximum atomic E-state index is 12.7. The van der Waals surface area contributed by atoms with E-state index in [0.717, 1.165) is 26.2 Å². The molecule has 0 saturated carbocycles. The van der Waals surface area contributed by atoms with Crippen molar-refractivity contribution in [2.75, 3.05) is 26.2 Å². The number of nitrogens with zero attached hydrogens (tertiary/aromatic N) is 1. The number of benzene rings is 1. The van der Waals surface area contributed by atoms with Crippen molar-refractivity contribution in [3.63, 3.8) is 0 Å². The first-order chi connectivity index (χ1) is 10.9. The van der Waals surface area contributed by atoms with Gasteiger partial charge in [0.15, 0.2) is 0 Å². The molecule has 134 valence electrons. The third-order valence-corrected chi connectivity index (χ3v) is 6.12. The molecule has 0 unspecified atom stereocenters. The first kappa shape index (κ1) is 19.2. The second-order valence-corrected chi connectivity index (χ2v) is 8.41. The summed E-state index contributed by atoms with van der Waals surface area (Å²) in [5, 5.41) is 3.35. The molecule has 0 aromatic heterocycles. The third-order valence-electron chi connectivity index (χ3n) is 4.46. The Kier molecular flexibility index (Phi) is 5.91. The van der Waals surface area contributed by atoms with Crippen LogP contribution in [0.5, 0.6) is 0 Å². The molecule has 1 amide bonds. The number of hydrogen-bond acceptors (Lipinski definition) is 4. The lowest BCUT2D eigenvalue weighted by molar-refractivity contribution is 0.0781. The topological polar surface area (TPSA) is 78.5 Å². The number of rotatable bonds is 4. The molecule has 8 heteroatoms. The highest BCUT2D eigenvalue weighted by Crippen LogP contribution is 2.27. The summed E-state index contributed by atoms with van der Waals surface area (Å²) in [7, 11) is -3.58. The Hall–Kier alpha value is -1.15. The van der Waals surface area contributed by atoms with E-state index in [4.69, 9.17) is 0 Å². The summed E-state index contributed by atoms with van der Waals surface area (Å²) < 4.78 is 27.1. The SMILES string of the molecule is CC(C)NS(=O)(=O)c1cccc(C(=O)N2C[C@H]3CNC[C@H]3C2)c1.Cl. The van der Waals surface area contributed by atoms with E-state index in [9.17, 15) is 13.2 Å². The molecule has 2 saturated heterocycles. The fraction of sp³-hybridized carbons (Fsp3) is 0.562. The normalized spacial score (nSPS) is 23.2. The molecule has 0 bridgehead atoms. The van der Waals surface area contributed by atoms with Crippen LogP contribution in [-0.2, 0) is 10.0 Å². The number of likely N-dealkylation sites (tertiary alicyclic amines) is 1. The van der Waals surface area contributed by atoms with Gasteiger partial charge in [-0.2, -0.15) is 0 Å². The summed E-state index contributed by atoms with van der Waals surface area (Å²) in [6.07, 6.45) is 0. The van der Waals surface area contributed by atoms with Crippen molar-refractivity contribution >= 4 is 28.3 Å². The maximum absolute atomic E-state index is 12.7. The molecule has 2 aliphatic rings. The van der Waals surface area contributed by atoms with Crippen LogP contribution in [0.3, 0.4) is 0 Å². The maximum Gasteiger partial charge on any atom is 0.253 e. The van der Waals surface area contributed by atoms with Crippen LogP contribution in [0, 0.1) is 11.8 Å². The first-order valence-corrected chi connectivity index (χ1v) is 9.47. The molecule has 2 atom stereocenters. The van der Waals surface area contributed by atoms with Gasteiger partial charge in [0.1, 0.15) is 0 Å². The van der Waals surface area contributed by atoms with Crippen LogP contribution >= 0.6 is 12.4 Å². The van der Waals surface area contributed by atoms with Gasteiger partial charge in [-0.15, -0.1) is 12.4 Å². The molecule has 2 fully saturated rings. The largest absolute Gasteiger partial charge is 0.338 e. The Labute approximate surface area is 149 Å². The minimum absolute atomic E-state index is 0. The summed E-state index contributed by atoms with van der Waals surface area (Å²) >= 11 is 0. The van der Waals surface area contributed by atoms with Gasteiger partial charge < -0.3 is 10.2 Å². The average molecular weight is 374 g/mol. The van der Waals surface area contributed by atoms with Gasteiger partial charge in [-0.3, -0.25) is 4.79 Å². The summed E-state index contributed by atoms with van der Waals surface area (Å²) in [6.45, 7) is 6.95. The Bertz CT molecular complexity index is 696. The van der Waals surface area contributed by atoms with Crippen LogP contribution in [0.25, 0.3) is 0 Å². The monoisotopic (exact) mass is 373 g/mol. The van der Waals surface area contributed by atoms with E-state index >= 15 is 0 Å². The third kappa shape index (κ3) is 3.91. The van der Waals surface area contributed by atoms with E-state index in [1.165, 1.54) is 12.1 Å². The smallest absolute Gasteiger partial charge is 0.253 e. The van der Waals surface area contributed by atoms with Gasteiger partial charge in [-0.25, -0.2) is 13.1 Å². The minimum Gasteiger partial charge on any atom is -0.338 e. The number of carbonyl (C=O) groups is 1. The number of fused-ring (bicyclic) bond motifs is 1. The van der Waals surface area contributed by atoms with Crippen molar-refractivity contribution in [3.05, 3.63) is 29.8 Å². The van der Waals surface area contributed by atoms with Crippen molar-refractivity contribution in [3.8, 4) is 0 Å². The van der Waals surface area contributed by atoms with E-state index in [-0.39, 0.29) is 29.3 Å². The quantitative estimate of drug-likeness (QED) is 0.828. The molecular formula is C16H24ClN3O3S. The highest BCUT2D eigenvalue weighted by Gasteiger charge is 2.38. The molecule has 1 aromatic carbocycles. The van der Waals surface area contributed by atoms with Crippen molar-refractivity contribution in [1.29, 1.82) is 0 Å². The molecule has 2 aliphatic heterocycles. The molecule has 1 aromatic rings. The molecule has 0 aliphatic carbocycles. The summed E-state index contributed by atoms with van der Waals surface area (Å²) in [5.74, 6) is 0.961. The fourth-order valence-corrected chi connectivity index (χ4v) is 4.67. The molecule has 2 heterocycles. The number of sulfonamides is 1. The Morgan fingerprint density at radius 1 is 1.25 bits per heavy atom. The molecule has 3 rings (SSSR count). The molecule has 2 N–H and O–H groups in total. The van der Waals surface area contributed by atoms with Gasteiger partial charge in [0.05, 0.1) is 4.90 Å². The standard InChI is InChI=1S/C16H23N3O3S.ClH/c1-11(2)18-23(21,22)15-5-3-4-12(6-15)16(20)19-9-13-7-17-8-14(13)10-19;/h3-6,11,13-14,17-18H,7-10H2,1-2H3;1H/t13-,14+;. The predicted octanol–water partition coefficient (Wildman–Crippen LogP) is 1.09. The van der Waals surface area contributed by atoms with Crippen molar-refractivity contribution in [2.24, 2.45) is 11.8 Å². The molecule has 6 nitrogen and oxygen atoms in total. The predicted molar refractivity (Wildman–Crippen MR) is 94.9 cm³/mol. The van der Waals surface area contributed by atoms with E-state index in [1.807, 2.05) is 4.90 Å². The second kappa shape index (κ2) is 7.39. The number of halogens is 1. The highest BCUT2D eigenvalue weighted by atomic mass is 35.5. The number of hydrogen-bond donors (Lipinski definition) is 2. The Morgan fingerprint density at radius 2 is 1.88 bits per heavy atom. The zero-order valence-electron chi connectivity index (χ0n) is 13.9. The summed E-state index contributed by atoms with van der Waals surface area (Å²) in [4.78, 5) is 14.7. The van der Waals surface area contributed by atoms with E-state index in [2.05, 4.69) is 10.0 Å². The Morgan fingerprint density at radius 3 is 2.46 bits per heavy atom. The molecule has 24 heavy (non-hydrogen) atoms. The molecular weight excluding hydrogens is 350 g/mol. The van der Waals surface area contributed by atoms with Crippen LogP contribution in [0.15, 0.2) is 29.2 Å². The second-order valence-electron chi connectivity index (χ2n) is 6.69. The summed E-state index contributed by atoms with van der Waals surface area (Å²) in [6, 6.07) is 6.11. The van der Waals surface area contributed by atoms with Gasteiger partial charge in [0.2, 0.25) is 10.0 Å². The van der Waals surface area contributed by atoms with Gasteiger partial charge >= 0.3 is 0 Å². The zero-order valence-corrected chi connectivity index (χ0v) is 15.5. The van der Waals surface area contributed by atoms with Crippen LogP contribution in [0.2, 0.25) is 0 Å².